The maximum Gasteiger partial charge on any atom is 0.163 e. The maximum absolute atomic E-state index is 9.57. The molecule has 2 aliphatic rings. The van der Waals surface area contributed by atoms with E-state index in [1.807, 2.05) is 16.7 Å². The number of aromatic nitrogens is 3. The number of morpholine rings is 1. The van der Waals surface area contributed by atoms with Crippen LogP contribution in [0.2, 0.25) is 0 Å². The van der Waals surface area contributed by atoms with Crippen molar-refractivity contribution in [3.63, 3.8) is 0 Å². The summed E-state index contributed by atoms with van der Waals surface area (Å²) in [5.74, 6) is 2.21. The van der Waals surface area contributed by atoms with E-state index in [1.165, 1.54) is 0 Å². The molecule has 0 saturated carbocycles. The van der Waals surface area contributed by atoms with E-state index in [0.29, 0.717) is 25.6 Å². The molecule has 1 aromatic carbocycles. The van der Waals surface area contributed by atoms with E-state index < -0.39 is 0 Å². The van der Waals surface area contributed by atoms with Crippen LogP contribution in [0.3, 0.4) is 0 Å². The second-order valence-corrected chi connectivity index (χ2v) is 6.34. The third kappa shape index (κ3) is 2.56. The van der Waals surface area contributed by atoms with Crippen LogP contribution >= 0.6 is 15.9 Å². The van der Waals surface area contributed by atoms with Crippen LogP contribution in [-0.2, 0) is 17.9 Å². The Hall–Kier alpha value is -1.77. The highest BCUT2D eigenvalue weighted by atomic mass is 79.9. The molecule has 2 aliphatic heterocycles. The van der Waals surface area contributed by atoms with Gasteiger partial charge in [0.1, 0.15) is 19.0 Å². The van der Waals surface area contributed by atoms with Gasteiger partial charge in [-0.2, -0.15) is 0 Å². The fourth-order valence-corrected chi connectivity index (χ4v) is 3.36. The molecule has 1 saturated heterocycles. The van der Waals surface area contributed by atoms with Gasteiger partial charge >= 0.3 is 0 Å². The molecule has 0 bridgehead atoms. The van der Waals surface area contributed by atoms with Gasteiger partial charge in [0.25, 0.3) is 0 Å². The van der Waals surface area contributed by atoms with Gasteiger partial charge < -0.3 is 14.7 Å². The number of halogens is 1. The van der Waals surface area contributed by atoms with Crippen molar-refractivity contribution >= 4 is 21.8 Å². The van der Waals surface area contributed by atoms with Crippen LogP contribution < -0.4 is 0 Å². The second kappa shape index (κ2) is 6.03. The molecule has 0 atom stereocenters. The van der Waals surface area contributed by atoms with Crippen LogP contribution in [-0.4, -0.2) is 56.9 Å². The average molecular weight is 378 g/mol. The molecule has 3 heterocycles. The van der Waals surface area contributed by atoms with Crippen molar-refractivity contribution in [1.82, 2.24) is 19.7 Å². The van der Waals surface area contributed by atoms with E-state index >= 15 is 0 Å². The molecule has 120 valence electrons. The van der Waals surface area contributed by atoms with Crippen LogP contribution in [0.15, 0.2) is 27.7 Å². The first-order valence-electron chi connectivity index (χ1n) is 7.49. The first kappa shape index (κ1) is 14.8. The molecule has 1 N–H and O–H groups in total. The molecule has 7 nitrogen and oxygen atoms in total. The summed E-state index contributed by atoms with van der Waals surface area (Å²) in [4.78, 5) is 7.02. The quantitative estimate of drug-likeness (QED) is 0.805. The fourth-order valence-electron chi connectivity index (χ4n) is 3.00. The Balaban J connectivity index is 1.88. The number of rotatable bonds is 1. The topological polar surface area (TPSA) is 75.8 Å². The smallest absolute Gasteiger partial charge is 0.163 e. The van der Waals surface area contributed by atoms with E-state index in [4.69, 9.17) is 9.73 Å². The maximum atomic E-state index is 9.57. The molecule has 1 fully saturated rings. The monoisotopic (exact) mass is 377 g/mol. The van der Waals surface area contributed by atoms with Crippen molar-refractivity contribution in [1.29, 1.82) is 0 Å². The summed E-state index contributed by atoms with van der Waals surface area (Å²) in [5.41, 5.74) is 1.95. The van der Waals surface area contributed by atoms with E-state index in [1.54, 1.807) is 0 Å². The highest BCUT2D eigenvalue weighted by molar-refractivity contribution is 9.10. The number of aliphatic hydroxyl groups excluding tert-OH is 1. The molecule has 4 rings (SSSR count). The van der Waals surface area contributed by atoms with E-state index in [0.717, 1.165) is 40.5 Å². The SMILES string of the molecule is OCc1nnc2n1-c1ccc(Br)cc1C(N1CCOCC1)=NC2. The summed E-state index contributed by atoms with van der Waals surface area (Å²) in [5, 5.41) is 17.8. The number of aliphatic imine (C=N–C) groups is 1. The Bertz CT molecular complexity index is 767. The number of hydrogen-bond donors (Lipinski definition) is 1. The minimum atomic E-state index is -0.157. The summed E-state index contributed by atoms with van der Waals surface area (Å²) in [6, 6.07) is 6.04. The van der Waals surface area contributed by atoms with Crippen molar-refractivity contribution in [2.24, 2.45) is 4.99 Å². The summed E-state index contributed by atoms with van der Waals surface area (Å²) < 4.78 is 8.34. The molecule has 0 unspecified atom stereocenters. The Morgan fingerprint density at radius 1 is 1.22 bits per heavy atom. The Kier molecular flexibility index (Phi) is 3.88. The Labute approximate surface area is 141 Å². The minimum absolute atomic E-state index is 0.157. The van der Waals surface area contributed by atoms with E-state index in [9.17, 15) is 5.11 Å². The average Bonchev–Trinajstić information content (AvgIpc) is 2.92. The largest absolute Gasteiger partial charge is 0.388 e. The molecule has 0 amide bonds. The molecule has 0 spiro atoms. The van der Waals surface area contributed by atoms with Gasteiger partial charge in [-0.05, 0) is 18.2 Å². The van der Waals surface area contributed by atoms with Crippen LogP contribution in [0.1, 0.15) is 17.2 Å². The van der Waals surface area contributed by atoms with Crippen molar-refractivity contribution in [3.8, 4) is 5.69 Å². The van der Waals surface area contributed by atoms with Crippen molar-refractivity contribution in [3.05, 3.63) is 39.9 Å². The fraction of sp³-hybridized carbons (Fsp3) is 0.400. The zero-order valence-corrected chi connectivity index (χ0v) is 14.0. The van der Waals surface area contributed by atoms with Crippen LogP contribution in [0.25, 0.3) is 5.69 Å². The second-order valence-electron chi connectivity index (χ2n) is 5.43. The predicted octanol–water partition coefficient (Wildman–Crippen LogP) is 1.11. The van der Waals surface area contributed by atoms with Crippen molar-refractivity contribution < 1.29 is 9.84 Å². The Morgan fingerprint density at radius 2 is 2.04 bits per heavy atom. The van der Waals surface area contributed by atoms with Gasteiger partial charge in [-0.15, -0.1) is 10.2 Å². The van der Waals surface area contributed by atoms with Gasteiger partial charge in [0.05, 0.1) is 18.9 Å². The molecule has 23 heavy (non-hydrogen) atoms. The molecule has 0 radical (unpaired) electrons. The van der Waals surface area contributed by atoms with Crippen LogP contribution in [0.4, 0.5) is 0 Å². The van der Waals surface area contributed by atoms with E-state index in [2.05, 4.69) is 37.1 Å². The lowest BCUT2D eigenvalue weighted by Crippen LogP contribution is -2.41. The summed E-state index contributed by atoms with van der Waals surface area (Å²) in [6.07, 6.45) is 0. The predicted molar refractivity (Wildman–Crippen MR) is 87.6 cm³/mol. The number of benzene rings is 1. The van der Waals surface area contributed by atoms with Crippen molar-refractivity contribution in [2.45, 2.75) is 13.2 Å². The third-order valence-electron chi connectivity index (χ3n) is 4.06. The van der Waals surface area contributed by atoms with E-state index in [-0.39, 0.29) is 6.61 Å². The molecule has 0 aliphatic carbocycles. The van der Waals surface area contributed by atoms with Gasteiger partial charge in [-0.25, -0.2) is 0 Å². The van der Waals surface area contributed by atoms with Crippen molar-refractivity contribution in [2.75, 3.05) is 26.3 Å². The molecule has 8 heteroatoms. The number of amidine groups is 1. The highest BCUT2D eigenvalue weighted by Crippen LogP contribution is 2.27. The first-order valence-corrected chi connectivity index (χ1v) is 8.28. The lowest BCUT2D eigenvalue weighted by molar-refractivity contribution is 0.0682. The lowest BCUT2D eigenvalue weighted by Gasteiger charge is -2.30. The number of nitrogens with zero attached hydrogens (tertiary/aromatic N) is 5. The van der Waals surface area contributed by atoms with Gasteiger partial charge in [0.2, 0.25) is 0 Å². The first-order chi connectivity index (χ1) is 11.3. The van der Waals surface area contributed by atoms with Gasteiger partial charge in [-0.1, -0.05) is 15.9 Å². The zero-order chi connectivity index (χ0) is 15.8. The summed E-state index contributed by atoms with van der Waals surface area (Å²) in [7, 11) is 0. The number of ether oxygens (including phenoxy) is 1. The number of hydrogen-bond acceptors (Lipinski definition) is 6. The summed E-state index contributed by atoms with van der Waals surface area (Å²) >= 11 is 3.55. The van der Waals surface area contributed by atoms with Gasteiger partial charge in [0, 0.05) is 23.1 Å². The molecular weight excluding hydrogens is 362 g/mol. The third-order valence-corrected chi connectivity index (χ3v) is 4.55. The molecular formula is C15H16BrN5O2. The van der Waals surface area contributed by atoms with Crippen LogP contribution in [0.5, 0.6) is 0 Å². The lowest BCUT2D eigenvalue weighted by atomic mass is 10.1. The highest BCUT2D eigenvalue weighted by Gasteiger charge is 2.25. The molecule has 1 aromatic heterocycles. The Morgan fingerprint density at radius 3 is 2.83 bits per heavy atom. The number of fused-ring (bicyclic) bond motifs is 3. The summed E-state index contributed by atoms with van der Waals surface area (Å²) in [6.45, 7) is 3.32. The van der Waals surface area contributed by atoms with Crippen LogP contribution in [0, 0.1) is 0 Å². The zero-order valence-electron chi connectivity index (χ0n) is 12.4. The minimum Gasteiger partial charge on any atom is -0.388 e. The van der Waals surface area contributed by atoms with Gasteiger partial charge in [0.15, 0.2) is 11.6 Å². The standard InChI is InChI=1S/C15H16BrN5O2/c16-10-1-2-12-11(7-10)15(20-3-5-23-6-4-20)17-8-13-18-19-14(9-22)21(12)13/h1-2,7,22H,3-6,8-9H2. The molecule has 2 aromatic rings. The normalized spacial score (nSPS) is 17.3. The number of aliphatic hydroxyl groups is 1. The van der Waals surface area contributed by atoms with Gasteiger partial charge in [-0.3, -0.25) is 9.56 Å².